The Bertz CT molecular complexity index is 504. The third-order valence-electron chi connectivity index (χ3n) is 3.80. The molecule has 0 saturated heterocycles. The summed E-state index contributed by atoms with van der Waals surface area (Å²) in [5, 5.41) is 12.0. The molecule has 3 nitrogen and oxygen atoms in total. The van der Waals surface area contributed by atoms with Crippen molar-refractivity contribution < 1.29 is 9.90 Å². The second-order valence-corrected chi connectivity index (χ2v) is 5.66. The topological polar surface area (TPSA) is 49.3 Å². The molecule has 0 aliphatic heterocycles. The number of aliphatic hydroxyl groups is 1. The fourth-order valence-electron chi connectivity index (χ4n) is 2.47. The van der Waals surface area contributed by atoms with Gasteiger partial charge in [-0.1, -0.05) is 23.8 Å². The van der Waals surface area contributed by atoms with Crippen LogP contribution in [0.25, 0.3) is 6.08 Å². The molecule has 2 rings (SSSR count). The Kier molecular flexibility index (Phi) is 4.96. The van der Waals surface area contributed by atoms with Gasteiger partial charge in [0, 0.05) is 18.7 Å². The lowest BCUT2D eigenvalue weighted by Crippen LogP contribution is -2.36. The van der Waals surface area contributed by atoms with Crippen LogP contribution >= 0.6 is 0 Å². The molecule has 1 aromatic rings. The predicted molar refractivity (Wildman–Crippen MR) is 81.3 cm³/mol. The van der Waals surface area contributed by atoms with Gasteiger partial charge in [-0.2, -0.15) is 0 Å². The van der Waals surface area contributed by atoms with E-state index in [0.29, 0.717) is 12.3 Å². The summed E-state index contributed by atoms with van der Waals surface area (Å²) in [7, 11) is 0. The Balaban J connectivity index is 1.94. The van der Waals surface area contributed by atoms with Crippen LogP contribution in [0.1, 0.15) is 36.0 Å². The molecule has 20 heavy (non-hydrogen) atoms. The van der Waals surface area contributed by atoms with Gasteiger partial charge in [0.15, 0.2) is 0 Å². The zero-order valence-corrected chi connectivity index (χ0v) is 12.2. The van der Waals surface area contributed by atoms with E-state index in [2.05, 4.69) is 18.3 Å². The van der Waals surface area contributed by atoms with E-state index >= 15 is 0 Å². The van der Waals surface area contributed by atoms with E-state index in [1.54, 1.807) is 6.08 Å². The van der Waals surface area contributed by atoms with E-state index in [1.807, 2.05) is 25.1 Å². The Morgan fingerprint density at radius 2 is 2.20 bits per heavy atom. The standard InChI is InChI=1S/C17H23NO2/c1-12-3-4-14(13(2)11-12)7-8-17(20)18-16(9-10-19)15-5-6-15/h3-4,7-8,11,15-16,19H,5-6,9-10H2,1-2H3,(H,18,20)/b8-7+. The maximum atomic E-state index is 11.9. The molecule has 1 aromatic carbocycles. The minimum Gasteiger partial charge on any atom is -0.396 e. The molecule has 0 aromatic heterocycles. The van der Waals surface area contributed by atoms with Crippen molar-refractivity contribution in [2.75, 3.05) is 6.61 Å². The lowest BCUT2D eigenvalue weighted by atomic mass is 10.1. The van der Waals surface area contributed by atoms with Gasteiger partial charge in [0.25, 0.3) is 0 Å². The molecule has 1 unspecified atom stereocenters. The molecular formula is C17H23NO2. The van der Waals surface area contributed by atoms with Crippen LogP contribution in [-0.4, -0.2) is 23.7 Å². The third kappa shape index (κ3) is 4.20. The minimum absolute atomic E-state index is 0.0738. The average molecular weight is 273 g/mol. The summed E-state index contributed by atoms with van der Waals surface area (Å²) in [6.07, 6.45) is 6.41. The maximum absolute atomic E-state index is 11.9. The number of amides is 1. The third-order valence-corrected chi connectivity index (χ3v) is 3.80. The van der Waals surface area contributed by atoms with Gasteiger partial charge < -0.3 is 10.4 Å². The van der Waals surface area contributed by atoms with Crippen LogP contribution in [-0.2, 0) is 4.79 Å². The summed E-state index contributed by atoms with van der Waals surface area (Å²) in [6.45, 7) is 4.23. The van der Waals surface area contributed by atoms with Gasteiger partial charge in [0.05, 0.1) is 0 Å². The predicted octanol–water partition coefficient (Wildman–Crippen LogP) is 2.59. The minimum atomic E-state index is -0.0738. The van der Waals surface area contributed by atoms with E-state index in [9.17, 15) is 4.79 Å². The first-order valence-electron chi connectivity index (χ1n) is 7.27. The van der Waals surface area contributed by atoms with Crippen molar-refractivity contribution in [2.24, 2.45) is 5.92 Å². The van der Waals surface area contributed by atoms with Crippen LogP contribution < -0.4 is 5.32 Å². The molecule has 3 heteroatoms. The van der Waals surface area contributed by atoms with Crippen LogP contribution in [0, 0.1) is 19.8 Å². The number of nitrogens with one attached hydrogen (secondary N) is 1. The number of aliphatic hydroxyl groups excluding tert-OH is 1. The zero-order valence-electron chi connectivity index (χ0n) is 12.2. The molecule has 108 valence electrons. The van der Waals surface area contributed by atoms with Crippen LogP contribution in [0.5, 0.6) is 0 Å². The lowest BCUT2D eigenvalue weighted by Gasteiger charge is -2.15. The summed E-state index contributed by atoms with van der Waals surface area (Å²) in [4.78, 5) is 11.9. The number of hydrogen-bond donors (Lipinski definition) is 2. The highest BCUT2D eigenvalue weighted by atomic mass is 16.3. The highest BCUT2D eigenvalue weighted by molar-refractivity contribution is 5.92. The van der Waals surface area contributed by atoms with Crippen molar-refractivity contribution in [2.45, 2.75) is 39.2 Å². The average Bonchev–Trinajstić information content (AvgIpc) is 3.21. The second kappa shape index (κ2) is 6.71. The zero-order chi connectivity index (χ0) is 14.5. The highest BCUT2D eigenvalue weighted by Crippen LogP contribution is 2.33. The van der Waals surface area contributed by atoms with Crippen molar-refractivity contribution >= 4 is 12.0 Å². The van der Waals surface area contributed by atoms with Crippen molar-refractivity contribution in [3.63, 3.8) is 0 Å². The summed E-state index contributed by atoms with van der Waals surface area (Å²) in [6, 6.07) is 6.30. The Hall–Kier alpha value is -1.61. The molecule has 1 aliphatic rings. The smallest absolute Gasteiger partial charge is 0.244 e. The van der Waals surface area contributed by atoms with E-state index in [0.717, 1.165) is 18.4 Å². The Labute approximate surface area is 120 Å². The Morgan fingerprint density at radius 3 is 2.80 bits per heavy atom. The van der Waals surface area contributed by atoms with Crippen LogP contribution in [0.4, 0.5) is 0 Å². The number of carbonyl (C=O) groups excluding carboxylic acids is 1. The van der Waals surface area contributed by atoms with Gasteiger partial charge in [0.1, 0.15) is 0 Å². The number of carbonyl (C=O) groups is 1. The molecule has 1 saturated carbocycles. The normalized spacial score (nSPS) is 16.4. The van der Waals surface area contributed by atoms with Gasteiger partial charge in [-0.25, -0.2) is 0 Å². The van der Waals surface area contributed by atoms with E-state index in [1.165, 1.54) is 11.1 Å². The first-order valence-corrected chi connectivity index (χ1v) is 7.27. The van der Waals surface area contributed by atoms with Gasteiger partial charge in [-0.3, -0.25) is 4.79 Å². The summed E-state index contributed by atoms with van der Waals surface area (Å²) in [5.41, 5.74) is 3.46. The molecule has 0 bridgehead atoms. The van der Waals surface area contributed by atoms with Crippen LogP contribution in [0.15, 0.2) is 24.3 Å². The van der Waals surface area contributed by atoms with Gasteiger partial charge in [-0.05, 0) is 56.2 Å². The molecule has 0 spiro atoms. The molecule has 1 aliphatic carbocycles. The fraction of sp³-hybridized carbons (Fsp3) is 0.471. The SMILES string of the molecule is Cc1ccc(/C=C/C(=O)NC(CCO)C2CC2)c(C)c1. The maximum Gasteiger partial charge on any atom is 0.244 e. The largest absolute Gasteiger partial charge is 0.396 e. The highest BCUT2D eigenvalue weighted by Gasteiger charge is 2.31. The van der Waals surface area contributed by atoms with Gasteiger partial charge in [0.2, 0.25) is 5.91 Å². The fourth-order valence-corrected chi connectivity index (χ4v) is 2.47. The summed E-state index contributed by atoms with van der Waals surface area (Å²) in [5.74, 6) is 0.482. The molecule has 0 radical (unpaired) electrons. The quantitative estimate of drug-likeness (QED) is 0.783. The Morgan fingerprint density at radius 1 is 1.45 bits per heavy atom. The van der Waals surface area contributed by atoms with Crippen molar-refractivity contribution in [1.29, 1.82) is 0 Å². The number of hydrogen-bond acceptors (Lipinski definition) is 2. The molecule has 1 fully saturated rings. The lowest BCUT2D eigenvalue weighted by molar-refractivity contribution is -0.117. The molecule has 1 amide bonds. The molecular weight excluding hydrogens is 250 g/mol. The van der Waals surface area contributed by atoms with Crippen LogP contribution in [0.3, 0.4) is 0 Å². The van der Waals surface area contributed by atoms with Gasteiger partial charge in [-0.15, -0.1) is 0 Å². The number of benzene rings is 1. The van der Waals surface area contributed by atoms with Crippen molar-refractivity contribution in [3.8, 4) is 0 Å². The molecule has 0 heterocycles. The summed E-state index contributed by atoms with van der Waals surface area (Å²) < 4.78 is 0. The molecule has 2 N–H and O–H groups in total. The van der Waals surface area contributed by atoms with Crippen LogP contribution in [0.2, 0.25) is 0 Å². The number of aryl methyl sites for hydroxylation is 2. The second-order valence-electron chi connectivity index (χ2n) is 5.66. The van der Waals surface area contributed by atoms with Gasteiger partial charge >= 0.3 is 0 Å². The number of rotatable bonds is 6. The first-order chi connectivity index (χ1) is 9.60. The molecule has 1 atom stereocenters. The van der Waals surface area contributed by atoms with E-state index < -0.39 is 0 Å². The van der Waals surface area contributed by atoms with Crippen molar-refractivity contribution in [1.82, 2.24) is 5.32 Å². The summed E-state index contributed by atoms with van der Waals surface area (Å²) >= 11 is 0. The first kappa shape index (κ1) is 14.8. The van der Waals surface area contributed by atoms with E-state index in [-0.39, 0.29) is 18.6 Å². The van der Waals surface area contributed by atoms with Crippen molar-refractivity contribution in [3.05, 3.63) is 41.0 Å². The van der Waals surface area contributed by atoms with E-state index in [4.69, 9.17) is 5.11 Å². The monoisotopic (exact) mass is 273 g/mol.